The molecule has 1 heterocycles. The number of halogens is 2. The summed E-state index contributed by atoms with van der Waals surface area (Å²) >= 11 is 0. The van der Waals surface area contributed by atoms with Gasteiger partial charge in [-0.05, 0) is 6.92 Å². The Morgan fingerprint density at radius 1 is 1.56 bits per heavy atom. The summed E-state index contributed by atoms with van der Waals surface area (Å²) < 4.78 is 28.8. The van der Waals surface area contributed by atoms with Gasteiger partial charge in [0.25, 0.3) is 12.3 Å². The highest BCUT2D eigenvalue weighted by molar-refractivity contribution is 5.92. The van der Waals surface area contributed by atoms with E-state index >= 15 is 0 Å². The Labute approximate surface area is 90.5 Å². The van der Waals surface area contributed by atoms with Gasteiger partial charge in [0.05, 0.1) is 5.69 Å². The summed E-state index contributed by atoms with van der Waals surface area (Å²) in [6.45, 7) is 2.60. The van der Waals surface area contributed by atoms with Crippen LogP contribution < -0.4 is 5.32 Å². The van der Waals surface area contributed by atoms with Crippen molar-refractivity contribution in [1.82, 2.24) is 10.3 Å². The minimum Gasteiger partial charge on any atom is -0.436 e. The van der Waals surface area contributed by atoms with E-state index in [2.05, 4.69) is 10.3 Å². The number of nitrogens with zero attached hydrogens (tertiary/aromatic N) is 1. The van der Waals surface area contributed by atoms with Crippen LogP contribution in [-0.2, 0) is 0 Å². The van der Waals surface area contributed by atoms with Gasteiger partial charge < -0.3 is 14.8 Å². The maximum Gasteiger partial charge on any atom is 0.289 e. The fraction of sp³-hybridized carbons (Fsp3) is 0.556. The molecule has 1 aromatic heterocycles. The number of oxazole rings is 1. The van der Waals surface area contributed by atoms with Crippen molar-refractivity contribution in [3.63, 3.8) is 0 Å². The summed E-state index contributed by atoms with van der Waals surface area (Å²) in [6.07, 6.45) is -4.77. The molecule has 0 aliphatic carbocycles. The topological polar surface area (TPSA) is 75.4 Å². The van der Waals surface area contributed by atoms with E-state index in [0.717, 1.165) is 0 Å². The molecule has 1 amide bonds. The van der Waals surface area contributed by atoms with Crippen molar-refractivity contribution < 1.29 is 23.1 Å². The second-order valence-electron chi connectivity index (χ2n) is 3.26. The van der Waals surface area contributed by atoms with Crippen LogP contribution in [-0.4, -0.2) is 35.1 Å². The van der Waals surface area contributed by atoms with Crippen molar-refractivity contribution in [2.75, 3.05) is 6.54 Å². The summed E-state index contributed by atoms with van der Waals surface area (Å²) in [5, 5.41) is 10.9. The van der Waals surface area contributed by atoms with Crippen molar-refractivity contribution in [3.05, 3.63) is 17.3 Å². The van der Waals surface area contributed by atoms with E-state index < -0.39 is 25.0 Å². The summed E-state index contributed by atoms with van der Waals surface area (Å²) in [5.41, 5.74) is 0.376. The molecule has 2 N–H and O–H groups in total. The predicted octanol–water partition coefficient (Wildman–Crippen LogP) is 0.647. The third-order valence-corrected chi connectivity index (χ3v) is 1.87. The largest absolute Gasteiger partial charge is 0.436 e. The van der Waals surface area contributed by atoms with Crippen LogP contribution in [0, 0.1) is 13.8 Å². The number of amides is 1. The number of carbonyl (C=O) groups is 1. The van der Waals surface area contributed by atoms with Gasteiger partial charge >= 0.3 is 0 Å². The van der Waals surface area contributed by atoms with Crippen molar-refractivity contribution in [2.24, 2.45) is 0 Å². The fourth-order valence-corrected chi connectivity index (χ4v) is 1.11. The van der Waals surface area contributed by atoms with Gasteiger partial charge in [-0.25, -0.2) is 13.8 Å². The molecule has 0 spiro atoms. The Bertz CT molecular complexity index is 379. The van der Waals surface area contributed by atoms with Crippen LogP contribution in [0.5, 0.6) is 0 Å². The van der Waals surface area contributed by atoms with E-state index in [4.69, 9.17) is 9.52 Å². The Morgan fingerprint density at radius 2 is 2.19 bits per heavy atom. The minimum atomic E-state index is -2.89. The van der Waals surface area contributed by atoms with E-state index in [-0.39, 0.29) is 5.76 Å². The number of nitrogens with one attached hydrogen (secondary N) is 1. The summed E-state index contributed by atoms with van der Waals surface area (Å²) in [6, 6.07) is 0. The Hall–Kier alpha value is -1.50. The van der Waals surface area contributed by atoms with Crippen LogP contribution >= 0.6 is 0 Å². The number of hydrogen-bond acceptors (Lipinski definition) is 4. The molecule has 0 aliphatic rings. The second-order valence-corrected chi connectivity index (χ2v) is 3.26. The monoisotopic (exact) mass is 234 g/mol. The standard InChI is InChI=1S/C9H12F2N2O3/c1-4-7(16-5(2)13-4)9(15)12-3-6(14)8(10)11/h6,8,14H,3H2,1-2H3,(H,12,15). The molecule has 0 saturated carbocycles. The molecule has 1 unspecified atom stereocenters. The first kappa shape index (κ1) is 12.6. The fourth-order valence-electron chi connectivity index (χ4n) is 1.11. The molecule has 1 atom stereocenters. The zero-order chi connectivity index (χ0) is 12.3. The number of aromatic nitrogens is 1. The third-order valence-electron chi connectivity index (χ3n) is 1.87. The molecule has 0 fully saturated rings. The summed E-state index contributed by atoms with van der Waals surface area (Å²) in [5.74, 6) is -0.381. The van der Waals surface area contributed by atoms with E-state index in [9.17, 15) is 13.6 Å². The van der Waals surface area contributed by atoms with E-state index in [1.165, 1.54) is 0 Å². The number of aliphatic hydroxyl groups is 1. The number of hydrogen-bond donors (Lipinski definition) is 2. The van der Waals surface area contributed by atoms with Gasteiger partial charge in [0.1, 0.15) is 6.10 Å². The molecule has 0 radical (unpaired) electrons. The highest BCUT2D eigenvalue weighted by Gasteiger charge is 2.20. The van der Waals surface area contributed by atoms with Crippen molar-refractivity contribution >= 4 is 5.91 Å². The number of aliphatic hydroxyl groups excluding tert-OH is 1. The molecule has 0 bridgehead atoms. The maximum atomic E-state index is 11.9. The average molecular weight is 234 g/mol. The predicted molar refractivity (Wildman–Crippen MR) is 50.3 cm³/mol. The quantitative estimate of drug-likeness (QED) is 0.801. The molecule has 0 saturated heterocycles. The first-order chi connectivity index (χ1) is 7.41. The number of carbonyl (C=O) groups excluding carboxylic acids is 1. The molecule has 5 nitrogen and oxygen atoms in total. The van der Waals surface area contributed by atoms with Gasteiger partial charge in [0.2, 0.25) is 5.76 Å². The van der Waals surface area contributed by atoms with E-state index in [0.29, 0.717) is 11.6 Å². The zero-order valence-corrected chi connectivity index (χ0v) is 8.83. The van der Waals surface area contributed by atoms with Gasteiger partial charge in [0.15, 0.2) is 5.89 Å². The molecule has 7 heteroatoms. The third kappa shape index (κ3) is 2.99. The molecule has 90 valence electrons. The molecule has 16 heavy (non-hydrogen) atoms. The lowest BCUT2D eigenvalue weighted by Crippen LogP contribution is -2.35. The van der Waals surface area contributed by atoms with Crippen molar-refractivity contribution in [3.8, 4) is 0 Å². The van der Waals surface area contributed by atoms with Gasteiger partial charge in [-0.3, -0.25) is 4.79 Å². The molecular formula is C9H12F2N2O3. The second kappa shape index (κ2) is 5.02. The molecule has 0 aliphatic heterocycles. The normalized spacial score (nSPS) is 12.9. The van der Waals surface area contributed by atoms with Crippen molar-refractivity contribution in [1.29, 1.82) is 0 Å². The maximum absolute atomic E-state index is 11.9. The van der Waals surface area contributed by atoms with Crippen LogP contribution in [0.25, 0.3) is 0 Å². The minimum absolute atomic E-state index is 0.0287. The van der Waals surface area contributed by atoms with E-state index in [1.807, 2.05) is 0 Å². The Morgan fingerprint density at radius 3 is 2.62 bits per heavy atom. The summed E-state index contributed by atoms with van der Waals surface area (Å²) in [4.78, 5) is 15.3. The number of alkyl halides is 2. The average Bonchev–Trinajstić information content (AvgIpc) is 2.53. The Kier molecular flexibility index (Phi) is 3.94. The smallest absolute Gasteiger partial charge is 0.289 e. The first-order valence-electron chi connectivity index (χ1n) is 4.60. The summed E-state index contributed by atoms with van der Waals surface area (Å²) in [7, 11) is 0. The van der Waals surface area contributed by atoms with Crippen LogP contribution in [0.4, 0.5) is 8.78 Å². The van der Waals surface area contributed by atoms with Crippen LogP contribution in [0.15, 0.2) is 4.42 Å². The van der Waals surface area contributed by atoms with Crippen LogP contribution in [0.1, 0.15) is 22.1 Å². The van der Waals surface area contributed by atoms with Gasteiger partial charge in [-0.2, -0.15) is 0 Å². The van der Waals surface area contributed by atoms with Gasteiger partial charge in [-0.15, -0.1) is 0 Å². The first-order valence-corrected chi connectivity index (χ1v) is 4.60. The number of aryl methyl sites for hydroxylation is 2. The lowest BCUT2D eigenvalue weighted by molar-refractivity contribution is -0.00284. The molecule has 0 aromatic carbocycles. The van der Waals surface area contributed by atoms with E-state index in [1.54, 1.807) is 13.8 Å². The lowest BCUT2D eigenvalue weighted by Gasteiger charge is -2.09. The molecule has 1 rings (SSSR count). The van der Waals surface area contributed by atoms with Gasteiger partial charge in [0, 0.05) is 13.5 Å². The highest BCUT2D eigenvalue weighted by Crippen LogP contribution is 2.09. The van der Waals surface area contributed by atoms with Crippen LogP contribution in [0.3, 0.4) is 0 Å². The Balaban J connectivity index is 2.56. The highest BCUT2D eigenvalue weighted by atomic mass is 19.3. The SMILES string of the molecule is Cc1nc(C)c(C(=O)NCC(O)C(F)F)o1. The molecule has 1 aromatic rings. The van der Waals surface area contributed by atoms with Crippen molar-refractivity contribution in [2.45, 2.75) is 26.4 Å². The zero-order valence-electron chi connectivity index (χ0n) is 8.83. The molecular weight excluding hydrogens is 222 g/mol. The van der Waals surface area contributed by atoms with Gasteiger partial charge in [-0.1, -0.05) is 0 Å². The van der Waals surface area contributed by atoms with Crippen LogP contribution in [0.2, 0.25) is 0 Å². The lowest BCUT2D eigenvalue weighted by atomic mass is 10.3. The number of rotatable bonds is 4.